The Balaban J connectivity index is 1.94. The van der Waals surface area contributed by atoms with Crippen molar-refractivity contribution in [3.05, 3.63) is 42.1 Å². The fourth-order valence-electron chi connectivity index (χ4n) is 3.02. The molecule has 1 atom stereocenters. The molecule has 130 valence electrons. The zero-order valence-corrected chi connectivity index (χ0v) is 14.7. The maximum absolute atomic E-state index is 12.5. The van der Waals surface area contributed by atoms with Gasteiger partial charge in [0.2, 0.25) is 0 Å². The number of pyridine rings is 1. The minimum absolute atomic E-state index is 0.0722. The van der Waals surface area contributed by atoms with Crippen molar-refractivity contribution in [2.45, 2.75) is 31.9 Å². The molecule has 1 heterocycles. The van der Waals surface area contributed by atoms with Crippen LogP contribution in [0, 0.1) is 5.92 Å². The van der Waals surface area contributed by atoms with E-state index in [1.807, 2.05) is 30.3 Å². The zero-order valence-electron chi connectivity index (χ0n) is 13.9. The van der Waals surface area contributed by atoms with Crippen LogP contribution in [-0.4, -0.2) is 42.5 Å². The first kappa shape index (κ1) is 17.3. The van der Waals surface area contributed by atoms with Crippen LogP contribution in [0.25, 0.3) is 10.9 Å². The molecule has 7 heteroatoms. The minimum Gasteiger partial charge on any atom is -0.393 e. The van der Waals surface area contributed by atoms with Gasteiger partial charge in [0.25, 0.3) is 10.2 Å². The smallest absolute Gasteiger partial charge is 0.279 e. The highest BCUT2D eigenvalue weighted by molar-refractivity contribution is 7.87. The first-order valence-corrected chi connectivity index (χ1v) is 9.61. The number of para-hydroxylation sites is 1. The lowest BCUT2D eigenvalue weighted by Crippen LogP contribution is -2.45. The van der Waals surface area contributed by atoms with Gasteiger partial charge in [0, 0.05) is 25.2 Å². The summed E-state index contributed by atoms with van der Waals surface area (Å²) in [5, 5.41) is 10.6. The van der Waals surface area contributed by atoms with E-state index in [9.17, 15) is 13.5 Å². The van der Waals surface area contributed by atoms with Crippen LogP contribution >= 0.6 is 0 Å². The van der Waals surface area contributed by atoms with Crippen LogP contribution in [0.4, 0.5) is 0 Å². The van der Waals surface area contributed by atoms with Crippen LogP contribution in [-0.2, 0) is 10.2 Å². The van der Waals surface area contributed by atoms with E-state index in [-0.39, 0.29) is 18.1 Å². The predicted octanol–water partition coefficient (Wildman–Crippen LogP) is 1.83. The number of fused-ring (bicyclic) bond motifs is 1. The molecule has 1 saturated carbocycles. The van der Waals surface area contributed by atoms with Gasteiger partial charge in [0.05, 0.1) is 17.7 Å². The summed E-state index contributed by atoms with van der Waals surface area (Å²) in [5.74, 6) is 0.0722. The number of hydrogen-bond acceptors (Lipinski definition) is 4. The number of aliphatic hydroxyl groups is 1. The molecule has 2 N–H and O–H groups in total. The van der Waals surface area contributed by atoms with E-state index >= 15 is 0 Å². The number of hydrogen-bond donors (Lipinski definition) is 2. The molecule has 0 spiro atoms. The largest absolute Gasteiger partial charge is 0.393 e. The lowest BCUT2D eigenvalue weighted by atomic mass is 9.75. The second-order valence-electron chi connectivity index (χ2n) is 6.36. The van der Waals surface area contributed by atoms with Crippen LogP contribution in [0.15, 0.2) is 36.5 Å². The Morgan fingerprint density at radius 3 is 2.75 bits per heavy atom. The summed E-state index contributed by atoms with van der Waals surface area (Å²) in [6.07, 6.45) is 2.57. The molecule has 1 fully saturated rings. The van der Waals surface area contributed by atoms with Crippen molar-refractivity contribution in [3.63, 3.8) is 0 Å². The molecule has 1 aromatic carbocycles. The molecule has 0 radical (unpaired) electrons. The molecular formula is C17H23N3O3S. The van der Waals surface area contributed by atoms with Crippen LogP contribution in [0.2, 0.25) is 0 Å². The Morgan fingerprint density at radius 1 is 1.38 bits per heavy atom. The maximum atomic E-state index is 12.5. The van der Waals surface area contributed by atoms with Crippen LogP contribution in [0.3, 0.4) is 0 Å². The van der Waals surface area contributed by atoms with E-state index in [1.165, 1.54) is 4.31 Å². The topological polar surface area (TPSA) is 82.5 Å². The van der Waals surface area contributed by atoms with Crippen molar-refractivity contribution < 1.29 is 13.5 Å². The van der Waals surface area contributed by atoms with Gasteiger partial charge in [-0.25, -0.2) is 0 Å². The fourth-order valence-corrected chi connectivity index (χ4v) is 4.19. The minimum atomic E-state index is -3.58. The molecule has 1 aliphatic carbocycles. The van der Waals surface area contributed by atoms with Gasteiger partial charge in [0.15, 0.2) is 0 Å². The highest BCUT2D eigenvalue weighted by atomic mass is 32.2. The molecule has 0 unspecified atom stereocenters. The van der Waals surface area contributed by atoms with Gasteiger partial charge in [-0.1, -0.05) is 25.1 Å². The number of aliphatic hydroxyl groups excluding tert-OH is 1. The van der Waals surface area contributed by atoms with Crippen LogP contribution < -0.4 is 4.72 Å². The number of benzene rings is 1. The highest BCUT2D eigenvalue weighted by Gasteiger charge is 2.37. The van der Waals surface area contributed by atoms with Crippen molar-refractivity contribution in [3.8, 4) is 0 Å². The molecule has 3 rings (SSSR count). The van der Waals surface area contributed by atoms with E-state index in [0.29, 0.717) is 19.4 Å². The molecule has 0 saturated heterocycles. The van der Waals surface area contributed by atoms with E-state index in [1.54, 1.807) is 20.2 Å². The summed E-state index contributed by atoms with van der Waals surface area (Å²) < 4.78 is 29.0. The van der Waals surface area contributed by atoms with Gasteiger partial charge in [-0.05, 0) is 36.5 Å². The molecule has 0 amide bonds. The van der Waals surface area contributed by atoms with Crippen molar-refractivity contribution in [2.75, 3.05) is 13.6 Å². The maximum Gasteiger partial charge on any atom is 0.279 e. The third kappa shape index (κ3) is 3.44. The summed E-state index contributed by atoms with van der Waals surface area (Å²) in [4.78, 5) is 4.45. The predicted molar refractivity (Wildman–Crippen MR) is 93.6 cm³/mol. The van der Waals surface area contributed by atoms with Crippen molar-refractivity contribution in [1.82, 2.24) is 14.0 Å². The van der Waals surface area contributed by atoms with E-state index in [0.717, 1.165) is 16.5 Å². The molecule has 1 aliphatic rings. The zero-order chi connectivity index (χ0) is 17.3. The first-order valence-electron chi connectivity index (χ1n) is 8.17. The SMILES string of the molecule is CCN(C)S(=O)(=O)N[C@@H](c1cnc2ccccc2c1)C1CC(O)C1. The Bertz CT molecular complexity index is 819. The third-order valence-corrected chi connectivity index (χ3v) is 6.35. The summed E-state index contributed by atoms with van der Waals surface area (Å²) in [5.41, 5.74) is 1.71. The molecule has 2 aromatic rings. The van der Waals surface area contributed by atoms with Gasteiger partial charge >= 0.3 is 0 Å². The number of nitrogens with zero attached hydrogens (tertiary/aromatic N) is 2. The molecule has 24 heavy (non-hydrogen) atoms. The Morgan fingerprint density at radius 2 is 2.08 bits per heavy atom. The van der Waals surface area contributed by atoms with E-state index < -0.39 is 10.2 Å². The normalized spacial score (nSPS) is 22.5. The third-order valence-electron chi connectivity index (χ3n) is 4.72. The van der Waals surface area contributed by atoms with Crippen molar-refractivity contribution >= 4 is 21.1 Å². The summed E-state index contributed by atoms with van der Waals surface area (Å²) in [7, 11) is -2.03. The molecular weight excluding hydrogens is 326 g/mol. The summed E-state index contributed by atoms with van der Waals surface area (Å²) in [6.45, 7) is 2.18. The lowest BCUT2D eigenvalue weighted by molar-refractivity contribution is 0.0277. The van der Waals surface area contributed by atoms with Gasteiger partial charge in [-0.2, -0.15) is 17.4 Å². The fraction of sp³-hybridized carbons (Fsp3) is 0.471. The monoisotopic (exact) mass is 349 g/mol. The van der Waals surface area contributed by atoms with Gasteiger partial charge < -0.3 is 5.11 Å². The standard InChI is InChI=1S/C17H23N3O3S/c1-3-20(2)24(22,23)19-17(13-9-15(21)10-13)14-8-12-6-4-5-7-16(12)18-11-14/h4-8,11,13,15,17,19,21H,3,9-10H2,1-2H3/t13?,15?,17-/m1/s1. The van der Waals surface area contributed by atoms with Crippen molar-refractivity contribution in [2.24, 2.45) is 5.92 Å². The van der Waals surface area contributed by atoms with Crippen LogP contribution in [0.5, 0.6) is 0 Å². The van der Waals surface area contributed by atoms with Crippen LogP contribution in [0.1, 0.15) is 31.4 Å². The quantitative estimate of drug-likeness (QED) is 0.833. The van der Waals surface area contributed by atoms with Crippen molar-refractivity contribution in [1.29, 1.82) is 0 Å². The Labute approximate surface area is 142 Å². The Kier molecular flexibility index (Phi) is 4.87. The van der Waals surface area contributed by atoms with E-state index in [4.69, 9.17) is 0 Å². The first-order chi connectivity index (χ1) is 11.4. The number of aromatic nitrogens is 1. The molecule has 6 nitrogen and oxygen atoms in total. The van der Waals surface area contributed by atoms with Gasteiger partial charge in [0.1, 0.15) is 0 Å². The van der Waals surface area contributed by atoms with Gasteiger partial charge in [-0.3, -0.25) is 4.98 Å². The molecule has 1 aromatic heterocycles. The lowest BCUT2D eigenvalue weighted by Gasteiger charge is -2.38. The Hall–Kier alpha value is -1.54. The average Bonchev–Trinajstić information content (AvgIpc) is 2.56. The summed E-state index contributed by atoms with van der Waals surface area (Å²) >= 11 is 0. The highest BCUT2D eigenvalue weighted by Crippen LogP contribution is 2.39. The number of nitrogens with one attached hydrogen (secondary N) is 1. The second kappa shape index (κ2) is 6.76. The van der Waals surface area contributed by atoms with Gasteiger partial charge in [-0.15, -0.1) is 0 Å². The molecule has 0 bridgehead atoms. The number of rotatable bonds is 6. The average molecular weight is 349 g/mol. The second-order valence-corrected chi connectivity index (χ2v) is 8.17. The van der Waals surface area contributed by atoms with E-state index in [2.05, 4.69) is 9.71 Å². The molecule has 0 aliphatic heterocycles. The summed E-state index contributed by atoms with van der Waals surface area (Å²) in [6, 6.07) is 9.34.